The number of carbonyl (C=O) groups is 2. The summed E-state index contributed by atoms with van der Waals surface area (Å²) in [5.41, 5.74) is 5.44. The minimum Gasteiger partial charge on any atom is -0.494 e. The lowest BCUT2D eigenvalue weighted by atomic mass is 9.98. The second-order valence-electron chi connectivity index (χ2n) is 6.10. The normalized spacial score (nSPS) is 17.0. The molecule has 0 aromatic heterocycles. The number of ether oxygens (including phenoxy) is 2. The average molecular weight is 369 g/mol. The molecular formula is C17H23NO6S. The lowest BCUT2D eigenvalue weighted by Gasteiger charge is -2.33. The van der Waals surface area contributed by atoms with Crippen LogP contribution in [0.3, 0.4) is 0 Å². The first kappa shape index (κ1) is 19.4. The summed E-state index contributed by atoms with van der Waals surface area (Å²) >= 11 is 0. The van der Waals surface area contributed by atoms with E-state index in [-0.39, 0.29) is 36.7 Å². The van der Waals surface area contributed by atoms with Crippen LogP contribution in [0, 0.1) is 0 Å². The van der Waals surface area contributed by atoms with Gasteiger partial charge in [0, 0.05) is 19.6 Å². The molecule has 25 heavy (non-hydrogen) atoms. The van der Waals surface area contributed by atoms with Crippen molar-refractivity contribution in [1.29, 1.82) is 0 Å². The minimum absolute atomic E-state index is 0.0317. The van der Waals surface area contributed by atoms with E-state index in [1.165, 1.54) is 31.2 Å². The van der Waals surface area contributed by atoms with Crippen molar-refractivity contribution >= 4 is 21.5 Å². The monoisotopic (exact) mass is 369 g/mol. The van der Waals surface area contributed by atoms with Gasteiger partial charge < -0.3 is 20.0 Å². The average Bonchev–Trinajstić information content (AvgIpc) is 2.59. The zero-order valence-electron chi connectivity index (χ0n) is 14.2. The van der Waals surface area contributed by atoms with Gasteiger partial charge >= 0.3 is 0 Å². The predicted molar refractivity (Wildman–Crippen MR) is 91.0 cm³/mol. The van der Waals surface area contributed by atoms with Gasteiger partial charge in [0.1, 0.15) is 11.5 Å². The van der Waals surface area contributed by atoms with E-state index in [2.05, 4.69) is 0 Å². The van der Waals surface area contributed by atoms with E-state index in [4.69, 9.17) is 15.2 Å². The molecule has 1 amide bonds. The molecule has 0 aliphatic carbocycles. The lowest BCUT2D eigenvalue weighted by Crippen LogP contribution is -2.53. The molecule has 1 aromatic carbocycles. The van der Waals surface area contributed by atoms with E-state index in [1.807, 2.05) is 0 Å². The van der Waals surface area contributed by atoms with Crippen LogP contribution in [0.2, 0.25) is 0 Å². The highest BCUT2D eigenvalue weighted by Crippen LogP contribution is 2.35. The number of amides is 1. The Bertz CT molecular complexity index is 720. The summed E-state index contributed by atoms with van der Waals surface area (Å²) in [5.74, 6) is -0.249. The van der Waals surface area contributed by atoms with Crippen LogP contribution in [0.25, 0.3) is 0 Å². The number of Topliss-reactive ketones (excluding diaryl/α,β-unsaturated/α-hetero) is 1. The summed E-state index contributed by atoms with van der Waals surface area (Å²) in [6.07, 6.45) is 1.14. The van der Waals surface area contributed by atoms with Crippen molar-refractivity contribution in [2.45, 2.75) is 42.2 Å². The molecule has 1 aliphatic heterocycles. The first-order valence-electron chi connectivity index (χ1n) is 8.14. The number of carbonyl (C=O) groups excluding carboxylic acids is 2. The topological polar surface area (TPSA) is 113 Å². The molecule has 0 unspecified atom stereocenters. The number of ketones is 1. The quantitative estimate of drug-likeness (QED) is 0.690. The Balaban J connectivity index is 2.14. The highest BCUT2D eigenvalue weighted by atomic mass is 32.2. The molecule has 1 saturated heterocycles. The molecule has 0 atom stereocenters. The third-order valence-electron chi connectivity index (χ3n) is 4.34. The molecule has 1 heterocycles. The molecular weight excluding hydrogens is 346 g/mol. The standard InChI is InChI=1S/C17H23NO6S/c1-13(19)3-2-10-24-14-4-6-15(7-5-14)25(21,22)17(16(18)20)8-11-23-12-9-17/h4-7H,2-3,8-12H2,1H3,(H2,18,20). The maximum atomic E-state index is 13.0. The van der Waals surface area contributed by atoms with Crippen LogP contribution in [0.4, 0.5) is 0 Å². The second kappa shape index (κ2) is 7.97. The van der Waals surface area contributed by atoms with Crippen molar-refractivity contribution in [2.24, 2.45) is 5.73 Å². The van der Waals surface area contributed by atoms with Gasteiger partial charge in [-0.15, -0.1) is 0 Å². The summed E-state index contributed by atoms with van der Waals surface area (Å²) in [5, 5.41) is 0. The fourth-order valence-electron chi connectivity index (χ4n) is 2.80. The van der Waals surface area contributed by atoms with Gasteiger partial charge in [-0.2, -0.15) is 0 Å². The van der Waals surface area contributed by atoms with Crippen molar-refractivity contribution in [1.82, 2.24) is 0 Å². The van der Waals surface area contributed by atoms with Crippen LogP contribution in [-0.4, -0.2) is 44.7 Å². The third kappa shape index (κ3) is 4.19. The summed E-state index contributed by atoms with van der Waals surface area (Å²) in [4.78, 5) is 22.8. The molecule has 1 aliphatic rings. The Morgan fingerprint density at radius 2 is 1.80 bits per heavy atom. The van der Waals surface area contributed by atoms with E-state index in [0.29, 0.717) is 25.2 Å². The Kier molecular flexibility index (Phi) is 6.18. The van der Waals surface area contributed by atoms with Crippen molar-refractivity contribution in [3.05, 3.63) is 24.3 Å². The first-order valence-corrected chi connectivity index (χ1v) is 9.62. The van der Waals surface area contributed by atoms with Gasteiger partial charge in [-0.05, 0) is 50.5 Å². The number of nitrogens with two attached hydrogens (primary N) is 1. The zero-order valence-corrected chi connectivity index (χ0v) is 15.0. The van der Waals surface area contributed by atoms with E-state index >= 15 is 0 Å². The Labute approximate surface area is 147 Å². The van der Waals surface area contributed by atoms with E-state index < -0.39 is 20.5 Å². The molecule has 0 saturated carbocycles. The minimum atomic E-state index is -3.93. The van der Waals surface area contributed by atoms with Crippen LogP contribution in [0.1, 0.15) is 32.6 Å². The highest BCUT2D eigenvalue weighted by molar-refractivity contribution is 7.93. The Morgan fingerprint density at radius 3 is 2.32 bits per heavy atom. The lowest BCUT2D eigenvalue weighted by molar-refractivity contribution is -0.123. The zero-order chi connectivity index (χ0) is 18.5. The molecule has 7 nitrogen and oxygen atoms in total. The van der Waals surface area contributed by atoms with Gasteiger partial charge in [0.05, 0.1) is 11.5 Å². The number of hydrogen-bond donors (Lipinski definition) is 1. The van der Waals surface area contributed by atoms with Gasteiger partial charge in [-0.3, -0.25) is 4.79 Å². The van der Waals surface area contributed by atoms with E-state index in [9.17, 15) is 18.0 Å². The van der Waals surface area contributed by atoms with Gasteiger partial charge in [0.15, 0.2) is 14.6 Å². The van der Waals surface area contributed by atoms with Gasteiger partial charge in [0.2, 0.25) is 5.91 Å². The van der Waals surface area contributed by atoms with Crippen LogP contribution in [0.15, 0.2) is 29.2 Å². The molecule has 1 aromatic rings. The largest absolute Gasteiger partial charge is 0.494 e. The number of sulfone groups is 1. The number of rotatable bonds is 8. The summed E-state index contributed by atoms with van der Waals surface area (Å²) in [7, 11) is -3.93. The molecule has 8 heteroatoms. The number of benzene rings is 1. The van der Waals surface area contributed by atoms with Gasteiger partial charge in [-0.25, -0.2) is 8.42 Å². The molecule has 0 radical (unpaired) electrons. The fraction of sp³-hybridized carbons (Fsp3) is 0.529. The smallest absolute Gasteiger partial charge is 0.239 e. The van der Waals surface area contributed by atoms with Crippen LogP contribution in [0.5, 0.6) is 5.75 Å². The van der Waals surface area contributed by atoms with Crippen LogP contribution >= 0.6 is 0 Å². The number of hydrogen-bond acceptors (Lipinski definition) is 6. The third-order valence-corrected chi connectivity index (χ3v) is 6.87. The maximum absolute atomic E-state index is 13.0. The second-order valence-corrected chi connectivity index (χ2v) is 8.36. The Hall–Kier alpha value is -1.93. The predicted octanol–water partition coefficient (Wildman–Crippen LogP) is 1.24. The molecule has 1 fully saturated rings. The SMILES string of the molecule is CC(=O)CCCOc1ccc(S(=O)(=O)C2(C(N)=O)CCOCC2)cc1. The Morgan fingerprint density at radius 1 is 1.20 bits per heavy atom. The molecule has 2 N–H and O–H groups in total. The summed E-state index contributed by atoms with van der Waals surface area (Å²) < 4.78 is 35.0. The molecule has 138 valence electrons. The molecule has 2 rings (SSSR count). The van der Waals surface area contributed by atoms with Crippen molar-refractivity contribution < 1.29 is 27.5 Å². The van der Waals surface area contributed by atoms with Gasteiger partial charge in [0.25, 0.3) is 0 Å². The van der Waals surface area contributed by atoms with Crippen molar-refractivity contribution in [2.75, 3.05) is 19.8 Å². The molecule has 0 bridgehead atoms. The van der Waals surface area contributed by atoms with E-state index in [0.717, 1.165) is 0 Å². The summed E-state index contributed by atoms with van der Waals surface area (Å²) in [6, 6.07) is 5.90. The maximum Gasteiger partial charge on any atom is 0.239 e. The van der Waals surface area contributed by atoms with E-state index in [1.54, 1.807) is 0 Å². The fourth-order valence-corrected chi connectivity index (χ4v) is 4.71. The summed E-state index contributed by atoms with van der Waals surface area (Å²) in [6.45, 7) is 2.25. The van der Waals surface area contributed by atoms with Gasteiger partial charge in [-0.1, -0.05) is 0 Å². The van der Waals surface area contributed by atoms with Crippen LogP contribution < -0.4 is 10.5 Å². The first-order chi connectivity index (χ1) is 11.8. The van der Waals surface area contributed by atoms with Crippen molar-refractivity contribution in [3.63, 3.8) is 0 Å². The van der Waals surface area contributed by atoms with Crippen LogP contribution in [-0.2, 0) is 24.2 Å². The van der Waals surface area contributed by atoms with Crippen molar-refractivity contribution in [3.8, 4) is 5.75 Å². The highest BCUT2D eigenvalue weighted by Gasteiger charge is 2.51. The molecule has 0 spiro atoms. The number of primary amides is 1.